The summed E-state index contributed by atoms with van der Waals surface area (Å²) < 4.78 is 2.37. The Labute approximate surface area is 115 Å². The van der Waals surface area contributed by atoms with Crippen LogP contribution in [0.3, 0.4) is 0 Å². The lowest BCUT2D eigenvalue weighted by Crippen LogP contribution is -2.18. The van der Waals surface area contributed by atoms with Gasteiger partial charge in [-0.05, 0) is 42.6 Å². The molecule has 0 bridgehead atoms. The number of nitrogens with one attached hydrogen (secondary N) is 1. The van der Waals surface area contributed by atoms with Crippen molar-refractivity contribution in [3.63, 3.8) is 0 Å². The predicted molar refractivity (Wildman–Crippen MR) is 74.1 cm³/mol. The molecule has 0 saturated heterocycles. The van der Waals surface area contributed by atoms with E-state index in [0.29, 0.717) is 4.77 Å². The van der Waals surface area contributed by atoms with E-state index < -0.39 is 5.97 Å². The molecule has 0 radical (unpaired) electrons. The van der Waals surface area contributed by atoms with Crippen molar-refractivity contribution in [3.05, 3.63) is 52.1 Å². The number of carboxylic acid groups (broad SMARTS) is 1. The Morgan fingerprint density at radius 3 is 2.79 bits per heavy atom. The summed E-state index contributed by atoms with van der Waals surface area (Å²) in [4.78, 5) is 13.7. The molecule has 1 aromatic heterocycles. The molecule has 1 heterocycles. The average molecular weight is 274 g/mol. The van der Waals surface area contributed by atoms with Crippen LogP contribution in [0.1, 0.15) is 34.1 Å². The molecule has 1 unspecified atom stereocenters. The number of aromatic carboxylic acids is 1. The molecule has 2 aromatic rings. The van der Waals surface area contributed by atoms with Crippen molar-refractivity contribution in [1.29, 1.82) is 0 Å². The van der Waals surface area contributed by atoms with Crippen LogP contribution in [-0.2, 0) is 12.8 Å². The van der Waals surface area contributed by atoms with Crippen molar-refractivity contribution in [2.75, 3.05) is 0 Å². The van der Waals surface area contributed by atoms with Crippen molar-refractivity contribution in [1.82, 2.24) is 9.55 Å². The molecule has 0 fully saturated rings. The van der Waals surface area contributed by atoms with E-state index in [-0.39, 0.29) is 11.7 Å². The third-order valence-electron chi connectivity index (χ3n) is 3.69. The van der Waals surface area contributed by atoms with Gasteiger partial charge in [-0.25, -0.2) is 4.79 Å². The summed E-state index contributed by atoms with van der Waals surface area (Å²) in [7, 11) is 0. The van der Waals surface area contributed by atoms with Gasteiger partial charge in [0.25, 0.3) is 0 Å². The number of imidazole rings is 1. The fourth-order valence-electron chi connectivity index (χ4n) is 2.71. The summed E-state index contributed by atoms with van der Waals surface area (Å²) >= 11 is 5.22. The maximum atomic E-state index is 11.0. The second-order valence-corrected chi connectivity index (χ2v) is 5.24. The van der Waals surface area contributed by atoms with Gasteiger partial charge in [0, 0.05) is 12.2 Å². The number of aromatic nitrogens is 2. The molecule has 98 valence electrons. The van der Waals surface area contributed by atoms with E-state index in [1.54, 1.807) is 6.20 Å². The van der Waals surface area contributed by atoms with Gasteiger partial charge in [-0.3, -0.25) is 0 Å². The van der Waals surface area contributed by atoms with Gasteiger partial charge < -0.3 is 14.7 Å². The summed E-state index contributed by atoms with van der Waals surface area (Å²) in [5, 5.41) is 8.99. The van der Waals surface area contributed by atoms with Gasteiger partial charge in [0.2, 0.25) is 0 Å². The number of H-pyrrole nitrogens is 1. The topological polar surface area (TPSA) is 58.0 Å². The number of fused-ring (bicyclic) bond motifs is 1. The van der Waals surface area contributed by atoms with Crippen molar-refractivity contribution in [3.8, 4) is 0 Å². The lowest BCUT2D eigenvalue weighted by atomic mass is 9.88. The quantitative estimate of drug-likeness (QED) is 0.828. The first-order chi connectivity index (χ1) is 9.15. The van der Waals surface area contributed by atoms with Gasteiger partial charge in [-0.1, -0.05) is 24.3 Å². The highest BCUT2D eigenvalue weighted by molar-refractivity contribution is 7.71. The zero-order valence-corrected chi connectivity index (χ0v) is 11.1. The Kier molecular flexibility index (Phi) is 2.98. The number of hydrogen-bond acceptors (Lipinski definition) is 2. The fraction of sp³-hybridized carbons (Fsp3) is 0.286. The van der Waals surface area contributed by atoms with Gasteiger partial charge in [0.05, 0.1) is 0 Å². The highest BCUT2D eigenvalue weighted by Gasteiger charge is 2.21. The van der Waals surface area contributed by atoms with Gasteiger partial charge in [0.1, 0.15) is 5.69 Å². The average Bonchev–Trinajstić information content (AvgIpc) is 2.80. The Morgan fingerprint density at radius 2 is 2.11 bits per heavy atom. The number of aryl methyl sites for hydroxylation is 1. The van der Waals surface area contributed by atoms with E-state index in [0.717, 1.165) is 19.3 Å². The molecular formula is C14H14N2O2S. The standard InChI is InChI=1S/C14H14N2O2S/c17-13(18)12-8-16(14(19)15-12)11-6-5-9-3-1-2-4-10(9)7-11/h1-4,8,11H,5-7H2,(H,15,19)(H,17,18). The molecule has 1 aliphatic carbocycles. The third-order valence-corrected chi connectivity index (χ3v) is 4.00. The van der Waals surface area contributed by atoms with E-state index in [1.807, 2.05) is 10.6 Å². The fourth-order valence-corrected chi connectivity index (χ4v) is 3.02. The number of benzene rings is 1. The molecule has 0 amide bonds. The van der Waals surface area contributed by atoms with Gasteiger partial charge >= 0.3 is 5.97 Å². The zero-order chi connectivity index (χ0) is 13.4. The number of rotatable bonds is 2. The van der Waals surface area contributed by atoms with Crippen molar-refractivity contribution >= 4 is 18.2 Å². The molecule has 0 spiro atoms. The molecular weight excluding hydrogens is 260 g/mol. The van der Waals surface area contributed by atoms with E-state index in [1.165, 1.54) is 11.1 Å². The highest BCUT2D eigenvalue weighted by Crippen LogP contribution is 2.29. The number of hydrogen-bond donors (Lipinski definition) is 2. The molecule has 0 saturated carbocycles. The van der Waals surface area contributed by atoms with Crippen molar-refractivity contribution in [2.45, 2.75) is 25.3 Å². The number of carbonyl (C=O) groups is 1. The van der Waals surface area contributed by atoms with Crippen LogP contribution in [0.4, 0.5) is 0 Å². The first kappa shape index (κ1) is 12.2. The molecule has 5 heteroatoms. The third kappa shape index (κ3) is 2.21. The van der Waals surface area contributed by atoms with Gasteiger partial charge in [-0.2, -0.15) is 0 Å². The van der Waals surface area contributed by atoms with Crippen molar-refractivity contribution < 1.29 is 9.90 Å². The summed E-state index contributed by atoms with van der Waals surface area (Å²) in [5.74, 6) is -0.971. The number of aromatic amines is 1. The van der Waals surface area contributed by atoms with Crippen LogP contribution in [0, 0.1) is 4.77 Å². The summed E-state index contributed by atoms with van der Waals surface area (Å²) in [6.45, 7) is 0. The maximum absolute atomic E-state index is 11.0. The second-order valence-electron chi connectivity index (χ2n) is 4.85. The molecule has 1 aromatic carbocycles. The number of nitrogens with zero attached hydrogens (tertiary/aromatic N) is 1. The molecule has 1 aliphatic rings. The summed E-state index contributed by atoms with van der Waals surface area (Å²) in [6, 6.07) is 8.64. The second kappa shape index (κ2) is 4.66. The Balaban J connectivity index is 1.93. The van der Waals surface area contributed by atoms with E-state index in [4.69, 9.17) is 17.3 Å². The molecule has 3 rings (SSSR count). The van der Waals surface area contributed by atoms with Gasteiger partial charge in [-0.15, -0.1) is 0 Å². The summed E-state index contributed by atoms with van der Waals surface area (Å²) in [5.41, 5.74) is 2.88. The molecule has 2 N–H and O–H groups in total. The molecule has 4 nitrogen and oxygen atoms in total. The first-order valence-corrected chi connectivity index (χ1v) is 6.67. The van der Waals surface area contributed by atoms with Crippen LogP contribution in [0.2, 0.25) is 0 Å². The van der Waals surface area contributed by atoms with E-state index in [2.05, 4.69) is 23.2 Å². The highest BCUT2D eigenvalue weighted by atomic mass is 32.1. The van der Waals surface area contributed by atoms with Crippen LogP contribution < -0.4 is 0 Å². The minimum absolute atomic E-state index is 0.156. The minimum atomic E-state index is -0.971. The van der Waals surface area contributed by atoms with Gasteiger partial charge in [0.15, 0.2) is 4.77 Å². The normalized spacial score (nSPS) is 18.0. The van der Waals surface area contributed by atoms with E-state index >= 15 is 0 Å². The zero-order valence-electron chi connectivity index (χ0n) is 10.3. The molecule has 19 heavy (non-hydrogen) atoms. The Bertz CT molecular complexity index is 687. The Hall–Kier alpha value is -1.88. The van der Waals surface area contributed by atoms with Crippen molar-refractivity contribution in [2.24, 2.45) is 0 Å². The lowest BCUT2D eigenvalue weighted by Gasteiger charge is -2.25. The predicted octanol–water partition coefficient (Wildman–Crippen LogP) is 2.97. The van der Waals surface area contributed by atoms with Crippen LogP contribution in [0.15, 0.2) is 30.5 Å². The monoisotopic (exact) mass is 274 g/mol. The first-order valence-electron chi connectivity index (χ1n) is 6.26. The minimum Gasteiger partial charge on any atom is -0.477 e. The largest absolute Gasteiger partial charge is 0.477 e. The Morgan fingerprint density at radius 1 is 1.37 bits per heavy atom. The molecule has 0 aliphatic heterocycles. The maximum Gasteiger partial charge on any atom is 0.353 e. The van der Waals surface area contributed by atoms with Crippen LogP contribution in [0.25, 0.3) is 0 Å². The number of carboxylic acids is 1. The SMILES string of the molecule is O=C(O)c1cn(C2CCc3ccccc3C2)c(=S)[nH]1. The molecule has 1 atom stereocenters. The smallest absolute Gasteiger partial charge is 0.353 e. The van der Waals surface area contributed by atoms with Crippen LogP contribution in [0.5, 0.6) is 0 Å². The van der Waals surface area contributed by atoms with Crippen LogP contribution >= 0.6 is 12.2 Å². The van der Waals surface area contributed by atoms with Crippen LogP contribution in [-0.4, -0.2) is 20.6 Å². The van der Waals surface area contributed by atoms with E-state index in [9.17, 15) is 4.79 Å². The lowest BCUT2D eigenvalue weighted by molar-refractivity contribution is 0.0691. The summed E-state index contributed by atoms with van der Waals surface area (Å²) in [6.07, 6.45) is 4.52.